The van der Waals surface area contributed by atoms with E-state index in [1.807, 2.05) is 0 Å². The van der Waals surface area contributed by atoms with Crippen LogP contribution in [0.25, 0.3) is 0 Å². The summed E-state index contributed by atoms with van der Waals surface area (Å²) >= 11 is 0. The Morgan fingerprint density at radius 3 is 2.15 bits per heavy atom. The number of fused-ring (bicyclic) bond motifs is 5. The lowest BCUT2D eigenvalue weighted by atomic mass is 9.43. The van der Waals surface area contributed by atoms with E-state index in [2.05, 4.69) is 13.8 Å². The summed E-state index contributed by atoms with van der Waals surface area (Å²) in [6.07, 6.45) is -3.79. The fourth-order valence-electron chi connectivity index (χ4n) is 8.98. The van der Waals surface area contributed by atoms with Gasteiger partial charge in [0, 0.05) is 0 Å². The molecule has 4 saturated carbocycles. The minimum absolute atomic E-state index is 0.101. The smallest absolute Gasteiger partial charge is 0.384 e. The number of halogens is 6. The van der Waals surface area contributed by atoms with E-state index < -0.39 is 24.1 Å². The first-order chi connectivity index (χ1) is 15.6. The number of aliphatic hydroxyl groups is 2. The molecule has 4 fully saturated rings. The Bertz CT molecular complexity index is 738. The van der Waals surface area contributed by atoms with Crippen molar-refractivity contribution >= 4 is 0 Å². The van der Waals surface area contributed by atoms with Crippen LogP contribution in [0.15, 0.2) is 0 Å². The SMILES string of the molecule is C[C@]12CC[C@@](O)(C(F)(F)F)C[C@@H]1CC[C@@H]1[C@@H]2CC[C@]2(C)[C@@H](CCCC[C@H](O)C(F)(F)F)CC[C@@H]12. The van der Waals surface area contributed by atoms with Crippen LogP contribution in [0.2, 0.25) is 0 Å². The van der Waals surface area contributed by atoms with Crippen LogP contribution in [0.4, 0.5) is 26.3 Å². The standard InChI is InChI=1S/C26H40F6O2/c1-22-12-11-20-18(9-7-17-15-24(34,26(30,31)32)14-13-23(17,20)2)19(22)10-8-16(22)5-3-4-6-21(33)25(27,28)29/h16-21,33-34H,3-15H2,1-2H3/t16-,17-,18-,19-,20-,21-,22+,23-,24-/m0/s1. The van der Waals surface area contributed by atoms with Crippen LogP contribution in [-0.4, -0.2) is 34.3 Å². The van der Waals surface area contributed by atoms with E-state index in [1.165, 1.54) is 0 Å². The van der Waals surface area contributed by atoms with Crippen molar-refractivity contribution in [1.29, 1.82) is 0 Å². The van der Waals surface area contributed by atoms with Crippen LogP contribution in [0.5, 0.6) is 0 Å². The third-order valence-electron chi connectivity index (χ3n) is 11.1. The molecule has 0 spiro atoms. The van der Waals surface area contributed by atoms with Crippen LogP contribution < -0.4 is 0 Å². The summed E-state index contributed by atoms with van der Waals surface area (Å²) in [4.78, 5) is 0. The third-order valence-corrected chi connectivity index (χ3v) is 11.1. The van der Waals surface area contributed by atoms with E-state index in [9.17, 15) is 36.6 Å². The van der Waals surface area contributed by atoms with Gasteiger partial charge < -0.3 is 10.2 Å². The summed E-state index contributed by atoms with van der Waals surface area (Å²) in [5.41, 5.74) is -2.56. The zero-order valence-corrected chi connectivity index (χ0v) is 20.3. The zero-order valence-electron chi connectivity index (χ0n) is 20.3. The molecule has 4 aliphatic rings. The van der Waals surface area contributed by atoms with E-state index >= 15 is 0 Å². The molecule has 0 radical (unpaired) electrons. The molecule has 198 valence electrons. The first kappa shape index (κ1) is 26.6. The van der Waals surface area contributed by atoms with Crippen molar-refractivity contribution in [3.8, 4) is 0 Å². The molecule has 0 heterocycles. The normalized spacial score (nSPS) is 45.9. The molecule has 2 nitrogen and oxygen atoms in total. The van der Waals surface area contributed by atoms with E-state index in [4.69, 9.17) is 0 Å². The molecule has 0 saturated heterocycles. The number of rotatable bonds is 5. The first-order valence-electron chi connectivity index (χ1n) is 13.2. The van der Waals surface area contributed by atoms with Gasteiger partial charge in [-0.1, -0.05) is 26.7 Å². The Labute approximate surface area is 198 Å². The molecule has 34 heavy (non-hydrogen) atoms. The zero-order chi connectivity index (χ0) is 25.2. The summed E-state index contributed by atoms with van der Waals surface area (Å²) in [5.74, 6) is 1.78. The largest absolute Gasteiger partial charge is 0.417 e. The Morgan fingerprint density at radius 2 is 1.50 bits per heavy atom. The van der Waals surface area contributed by atoms with Crippen LogP contribution in [0.3, 0.4) is 0 Å². The van der Waals surface area contributed by atoms with Crippen molar-refractivity contribution in [2.24, 2.45) is 40.4 Å². The van der Waals surface area contributed by atoms with Gasteiger partial charge in [0.2, 0.25) is 0 Å². The summed E-state index contributed by atoms with van der Waals surface area (Å²) in [6.45, 7) is 4.51. The molecule has 4 aliphatic carbocycles. The Kier molecular flexibility index (Phi) is 6.88. The molecule has 8 heteroatoms. The van der Waals surface area contributed by atoms with Gasteiger partial charge in [-0.3, -0.25) is 0 Å². The number of hydrogen-bond donors (Lipinski definition) is 2. The molecule has 2 N–H and O–H groups in total. The summed E-state index contributed by atoms with van der Waals surface area (Å²) in [7, 11) is 0. The second-order valence-electron chi connectivity index (χ2n) is 12.6. The molecular weight excluding hydrogens is 458 g/mol. The molecule has 0 aromatic heterocycles. The summed E-state index contributed by atoms with van der Waals surface area (Å²) in [6, 6.07) is 0. The van der Waals surface area contributed by atoms with Crippen LogP contribution in [0.1, 0.15) is 97.3 Å². The molecule has 0 unspecified atom stereocenters. The summed E-state index contributed by atoms with van der Waals surface area (Å²) in [5, 5.41) is 19.6. The van der Waals surface area contributed by atoms with Crippen LogP contribution >= 0.6 is 0 Å². The second-order valence-corrected chi connectivity index (χ2v) is 12.6. The lowest BCUT2D eigenvalue weighted by Crippen LogP contribution is -2.59. The maximum absolute atomic E-state index is 13.5. The van der Waals surface area contributed by atoms with E-state index in [0.29, 0.717) is 42.9 Å². The van der Waals surface area contributed by atoms with Gasteiger partial charge in [0.05, 0.1) is 0 Å². The molecule has 0 aliphatic heterocycles. The predicted octanol–water partition coefficient (Wildman–Crippen LogP) is 7.42. The van der Waals surface area contributed by atoms with Crippen molar-refractivity contribution in [3.63, 3.8) is 0 Å². The van der Waals surface area contributed by atoms with Gasteiger partial charge in [-0.15, -0.1) is 0 Å². The number of aliphatic hydroxyl groups excluding tert-OH is 1. The molecule has 0 amide bonds. The lowest BCUT2D eigenvalue weighted by Gasteiger charge is -2.62. The van der Waals surface area contributed by atoms with Gasteiger partial charge in [-0.05, 0) is 111 Å². The molecule has 4 rings (SSSR count). The van der Waals surface area contributed by atoms with Crippen molar-refractivity contribution in [3.05, 3.63) is 0 Å². The van der Waals surface area contributed by atoms with Crippen molar-refractivity contribution in [1.82, 2.24) is 0 Å². The number of alkyl halides is 6. The van der Waals surface area contributed by atoms with Gasteiger partial charge in [0.25, 0.3) is 0 Å². The Morgan fingerprint density at radius 1 is 0.824 bits per heavy atom. The minimum Gasteiger partial charge on any atom is -0.384 e. The van der Waals surface area contributed by atoms with Gasteiger partial charge in [-0.25, -0.2) is 0 Å². The highest BCUT2D eigenvalue weighted by atomic mass is 19.4. The number of unbranched alkanes of at least 4 members (excludes halogenated alkanes) is 1. The highest BCUT2D eigenvalue weighted by Gasteiger charge is 2.64. The third kappa shape index (κ3) is 4.41. The van der Waals surface area contributed by atoms with Crippen molar-refractivity contribution < 1.29 is 36.6 Å². The lowest BCUT2D eigenvalue weighted by molar-refractivity contribution is -0.290. The van der Waals surface area contributed by atoms with Crippen LogP contribution in [-0.2, 0) is 0 Å². The molecule has 9 atom stereocenters. The Balaban J connectivity index is 1.38. The molecular formula is C26H40F6O2. The average Bonchev–Trinajstić information content (AvgIpc) is 3.06. The van der Waals surface area contributed by atoms with E-state index in [1.54, 1.807) is 0 Å². The predicted molar refractivity (Wildman–Crippen MR) is 117 cm³/mol. The van der Waals surface area contributed by atoms with Gasteiger partial charge >= 0.3 is 12.4 Å². The monoisotopic (exact) mass is 498 g/mol. The number of hydrogen-bond acceptors (Lipinski definition) is 2. The van der Waals surface area contributed by atoms with E-state index in [-0.39, 0.29) is 36.0 Å². The maximum Gasteiger partial charge on any atom is 0.417 e. The van der Waals surface area contributed by atoms with Crippen molar-refractivity contribution in [2.45, 2.75) is 121 Å². The fraction of sp³-hybridized carbons (Fsp3) is 1.00. The quantitative estimate of drug-likeness (QED) is 0.306. The Hall–Kier alpha value is -0.500. The van der Waals surface area contributed by atoms with Crippen molar-refractivity contribution in [2.75, 3.05) is 0 Å². The van der Waals surface area contributed by atoms with E-state index in [0.717, 1.165) is 44.9 Å². The summed E-state index contributed by atoms with van der Waals surface area (Å²) < 4.78 is 78.2. The topological polar surface area (TPSA) is 40.5 Å². The fourth-order valence-corrected chi connectivity index (χ4v) is 8.98. The average molecular weight is 499 g/mol. The molecule has 0 bridgehead atoms. The first-order valence-corrected chi connectivity index (χ1v) is 13.2. The second kappa shape index (κ2) is 8.81. The van der Waals surface area contributed by atoms with Gasteiger partial charge in [-0.2, -0.15) is 26.3 Å². The van der Waals surface area contributed by atoms with Crippen LogP contribution in [0, 0.1) is 40.4 Å². The van der Waals surface area contributed by atoms with Gasteiger partial charge in [0.1, 0.15) is 6.10 Å². The molecule has 0 aromatic rings. The van der Waals surface area contributed by atoms with Gasteiger partial charge in [0.15, 0.2) is 5.60 Å². The highest BCUT2D eigenvalue weighted by Crippen LogP contribution is 2.69. The minimum atomic E-state index is -4.58. The molecule has 0 aromatic carbocycles. The highest BCUT2D eigenvalue weighted by molar-refractivity contribution is 5.11. The maximum atomic E-state index is 13.5.